The van der Waals surface area contributed by atoms with Gasteiger partial charge in [0.25, 0.3) is 0 Å². The van der Waals surface area contributed by atoms with Crippen molar-refractivity contribution in [3.8, 4) is 5.75 Å². The van der Waals surface area contributed by atoms with Crippen LogP contribution in [0.3, 0.4) is 0 Å². The van der Waals surface area contributed by atoms with E-state index in [-0.39, 0.29) is 11.4 Å². The van der Waals surface area contributed by atoms with Crippen LogP contribution in [-0.4, -0.2) is 18.2 Å². The second-order valence-corrected chi connectivity index (χ2v) is 7.25. The normalized spacial score (nSPS) is 19.5. The molecule has 2 aromatic carbocycles. The first kappa shape index (κ1) is 22.8. The van der Waals surface area contributed by atoms with Crippen molar-refractivity contribution in [1.29, 1.82) is 0 Å². The molecule has 1 saturated carbocycles. The van der Waals surface area contributed by atoms with Crippen LogP contribution in [0.15, 0.2) is 48.5 Å². The molecular weight excluding hydrogens is 426 g/mol. The van der Waals surface area contributed by atoms with E-state index in [2.05, 4.69) is 10.6 Å². The molecule has 2 N–H and O–H groups in total. The molecule has 4 nitrogen and oxygen atoms in total. The maximum Gasteiger partial charge on any atom is 0.416 e. The predicted molar refractivity (Wildman–Crippen MR) is 102 cm³/mol. The molecule has 0 spiro atoms. The number of carbonyl (C=O) groups excluding carboxylic acids is 1. The van der Waals surface area contributed by atoms with E-state index in [0.29, 0.717) is 12.8 Å². The average molecular weight is 446 g/mol. The van der Waals surface area contributed by atoms with Gasteiger partial charge in [0.05, 0.1) is 17.2 Å². The lowest BCUT2D eigenvalue weighted by Gasteiger charge is -2.32. The van der Waals surface area contributed by atoms with Gasteiger partial charge in [-0.15, -0.1) is 0 Å². The first-order valence-electron chi connectivity index (χ1n) is 9.61. The van der Waals surface area contributed by atoms with Crippen LogP contribution in [-0.2, 0) is 12.4 Å². The number of benzene rings is 2. The maximum absolute atomic E-state index is 12.8. The molecule has 1 fully saturated rings. The highest BCUT2D eigenvalue weighted by atomic mass is 19.4. The number of ether oxygens (including phenoxy) is 1. The molecule has 10 heteroatoms. The highest BCUT2D eigenvalue weighted by molar-refractivity contribution is 5.89. The summed E-state index contributed by atoms with van der Waals surface area (Å²) in [4.78, 5) is 12.3. The van der Waals surface area contributed by atoms with Gasteiger partial charge < -0.3 is 15.4 Å². The van der Waals surface area contributed by atoms with E-state index >= 15 is 0 Å². The monoisotopic (exact) mass is 446 g/mol. The number of hydrogen-bond acceptors (Lipinski definition) is 2. The molecule has 0 saturated heterocycles. The van der Waals surface area contributed by atoms with Crippen LogP contribution in [0.2, 0.25) is 0 Å². The number of halogens is 6. The van der Waals surface area contributed by atoms with Crippen LogP contribution in [0.5, 0.6) is 5.75 Å². The molecule has 0 aromatic heterocycles. The van der Waals surface area contributed by atoms with Crippen molar-refractivity contribution in [2.45, 2.75) is 50.2 Å². The van der Waals surface area contributed by atoms with Crippen LogP contribution in [0, 0.1) is 0 Å². The Labute approximate surface area is 174 Å². The Morgan fingerprint density at radius 2 is 1.52 bits per heavy atom. The summed E-state index contributed by atoms with van der Waals surface area (Å²) in [6, 6.07) is 7.40. The predicted octanol–water partition coefficient (Wildman–Crippen LogP) is 6.24. The second kappa shape index (κ2) is 9.07. The fourth-order valence-corrected chi connectivity index (χ4v) is 3.41. The lowest BCUT2D eigenvalue weighted by Crippen LogP contribution is -2.49. The zero-order valence-corrected chi connectivity index (χ0v) is 16.2. The molecule has 168 valence electrons. The number of hydrogen-bond donors (Lipinski definition) is 2. The Hall–Kier alpha value is -2.91. The van der Waals surface area contributed by atoms with Gasteiger partial charge in [0.2, 0.25) is 0 Å². The largest absolute Gasteiger partial charge is 0.488 e. The highest BCUT2D eigenvalue weighted by Crippen LogP contribution is 2.32. The van der Waals surface area contributed by atoms with Gasteiger partial charge in [0.15, 0.2) is 0 Å². The molecule has 3 rings (SSSR count). The van der Waals surface area contributed by atoms with E-state index in [4.69, 9.17) is 4.74 Å². The number of nitrogens with one attached hydrogen (secondary N) is 2. The van der Waals surface area contributed by atoms with Gasteiger partial charge in [-0.25, -0.2) is 4.79 Å². The minimum Gasteiger partial charge on any atom is -0.488 e. The zero-order valence-electron chi connectivity index (χ0n) is 16.2. The summed E-state index contributed by atoms with van der Waals surface area (Å²) in [5.74, 6) is 0.241. The topological polar surface area (TPSA) is 50.4 Å². The Morgan fingerprint density at radius 3 is 2.16 bits per heavy atom. The van der Waals surface area contributed by atoms with E-state index in [1.54, 1.807) is 0 Å². The van der Waals surface area contributed by atoms with Crippen molar-refractivity contribution in [1.82, 2.24) is 5.32 Å². The van der Waals surface area contributed by atoms with E-state index < -0.39 is 41.7 Å². The minimum absolute atomic E-state index is 0.0108. The summed E-state index contributed by atoms with van der Waals surface area (Å²) in [7, 11) is 0. The first-order valence-corrected chi connectivity index (χ1v) is 9.61. The van der Waals surface area contributed by atoms with Crippen molar-refractivity contribution in [3.05, 3.63) is 59.7 Å². The molecule has 0 bridgehead atoms. The molecule has 1 aliphatic rings. The molecule has 1 aliphatic carbocycles. The summed E-state index contributed by atoms with van der Waals surface area (Å²) in [6.07, 6.45) is -6.68. The van der Waals surface area contributed by atoms with E-state index in [0.717, 1.165) is 37.1 Å². The minimum atomic E-state index is -4.53. The van der Waals surface area contributed by atoms with Crippen molar-refractivity contribution in [3.63, 3.8) is 0 Å². The third-order valence-corrected chi connectivity index (χ3v) is 4.94. The highest BCUT2D eigenvalue weighted by Gasteiger charge is 2.32. The molecule has 31 heavy (non-hydrogen) atoms. The number of rotatable bonds is 4. The quantitative estimate of drug-likeness (QED) is 0.547. The Balaban J connectivity index is 1.62. The zero-order chi connectivity index (χ0) is 22.6. The molecule has 0 aliphatic heterocycles. The van der Waals surface area contributed by atoms with Gasteiger partial charge in [-0.05, 0) is 61.7 Å². The number of alkyl halides is 6. The number of carbonyl (C=O) groups is 1. The lowest BCUT2D eigenvalue weighted by atomic mass is 9.92. The second-order valence-electron chi connectivity index (χ2n) is 7.25. The molecule has 0 unspecified atom stereocenters. The molecule has 2 amide bonds. The molecule has 2 aromatic rings. The number of amides is 2. The Bertz CT molecular complexity index is 896. The Morgan fingerprint density at radius 1 is 0.871 bits per heavy atom. The smallest absolute Gasteiger partial charge is 0.416 e. The Kier molecular flexibility index (Phi) is 6.66. The number of urea groups is 1. The van der Waals surface area contributed by atoms with Crippen molar-refractivity contribution in [2.24, 2.45) is 0 Å². The third kappa shape index (κ3) is 6.28. The number of anilines is 1. The summed E-state index contributed by atoms with van der Waals surface area (Å²) in [6.45, 7) is 0. The standard InChI is InChI=1S/C21H20F6N2O2/c22-20(23,24)13-8-10-16(11-9-13)31-18-7-2-1-6-17(18)29-19(30)28-15-5-3-4-14(12-15)21(25,26)27/h3-5,8-12,17-18H,1-2,6-7H2,(H2,28,29,30)/t17-,18-/m1/s1. The van der Waals surface area contributed by atoms with Gasteiger partial charge in [-0.3, -0.25) is 0 Å². The van der Waals surface area contributed by atoms with Crippen LogP contribution in [0.1, 0.15) is 36.8 Å². The third-order valence-electron chi connectivity index (χ3n) is 4.94. The summed E-state index contributed by atoms with van der Waals surface area (Å²) in [5, 5.41) is 5.07. The van der Waals surface area contributed by atoms with Crippen LogP contribution in [0.4, 0.5) is 36.8 Å². The van der Waals surface area contributed by atoms with Crippen molar-refractivity contribution < 1.29 is 35.9 Å². The van der Waals surface area contributed by atoms with Gasteiger partial charge >= 0.3 is 18.4 Å². The van der Waals surface area contributed by atoms with Gasteiger partial charge in [-0.1, -0.05) is 12.5 Å². The van der Waals surface area contributed by atoms with Gasteiger partial charge in [0, 0.05) is 5.69 Å². The summed E-state index contributed by atoms with van der Waals surface area (Å²) in [5.41, 5.74) is -1.69. The molecule has 0 heterocycles. The van der Waals surface area contributed by atoms with E-state index in [1.165, 1.54) is 24.3 Å². The fraction of sp³-hybridized carbons (Fsp3) is 0.381. The maximum atomic E-state index is 12.8. The van der Waals surface area contributed by atoms with E-state index in [1.807, 2.05) is 0 Å². The SMILES string of the molecule is O=C(Nc1cccc(C(F)(F)F)c1)N[C@@H]1CCCC[C@H]1Oc1ccc(C(F)(F)F)cc1. The summed E-state index contributed by atoms with van der Waals surface area (Å²) >= 11 is 0. The van der Waals surface area contributed by atoms with Crippen LogP contribution in [0.25, 0.3) is 0 Å². The molecule has 0 radical (unpaired) electrons. The lowest BCUT2D eigenvalue weighted by molar-refractivity contribution is -0.138. The average Bonchev–Trinajstić information content (AvgIpc) is 2.69. The first-order chi connectivity index (χ1) is 14.5. The summed E-state index contributed by atoms with van der Waals surface area (Å²) < 4.78 is 82.3. The van der Waals surface area contributed by atoms with Crippen molar-refractivity contribution in [2.75, 3.05) is 5.32 Å². The van der Waals surface area contributed by atoms with Gasteiger partial charge in [0.1, 0.15) is 11.9 Å². The fourth-order valence-electron chi connectivity index (χ4n) is 3.41. The van der Waals surface area contributed by atoms with Gasteiger partial charge in [-0.2, -0.15) is 26.3 Å². The molecular formula is C21H20F6N2O2. The van der Waals surface area contributed by atoms with Crippen LogP contribution < -0.4 is 15.4 Å². The van der Waals surface area contributed by atoms with E-state index in [9.17, 15) is 31.1 Å². The van der Waals surface area contributed by atoms with Crippen molar-refractivity contribution >= 4 is 11.7 Å². The molecule has 2 atom stereocenters. The van der Waals surface area contributed by atoms with Crippen LogP contribution >= 0.6 is 0 Å².